The van der Waals surface area contributed by atoms with Crippen LogP contribution in [0.2, 0.25) is 0 Å². The van der Waals surface area contributed by atoms with E-state index in [0.29, 0.717) is 18.6 Å². The molecule has 15 heteroatoms. The molecule has 14 nitrogen and oxygen atoms in total. The van der Waals surface area contributed by atoms with Crippen molar-refractivity contribution in [3.63, 3.8) is 0 Å². The van der Waals surface area contributed by atoms with Crippen LogP contribution in [-0.2, 0) is 38.4 Å². The zero-order valence-electron chi connectivity index (χ0n) is 29.4. The van der Waals surface area contributed by atoms with Crippen molar-refractivity contribution in [2.75, 3.05) is 18.1 Å². The summed E-state index contributed by atoms with van der Waals surface area (Å²) in [5.41, 5.74) is 0. The molecule has 49 heavy (non-hydrogen) atoms. The maximum absolute atomic E-state index is 13.6. The molecule has 0 fully saturated rings. The first kappa shape index (κ1) is 45.6. The summed E-state index contributed by atoms with van der Waals surface area (Å²) in [6, 6.07) is -3.56. The third-order valence-corrected chi connectivity index (χ3v) is 8.84. The first-order valence-electron chi connectivity index (χ1n) is 17.8. The molecule has 0 aromatic heterocycles. The molecule has 2 atom stereocenters. The topological polar surface area (TPSA) is 217 Å². The van der Waals surface area contributed by atoms with E-state index in [0.717, 1.165) is 37.9 Å². The van der Waals surface area contributed by atoms with E-state index in [4.69, 9.17) is 9.94 Å². The fraction of sp³-hybridized carbons (Fsp3) is 0.794. The molecule has 0 aliphatic carbocycles. The summed E-state index contributed by atoms with van der Waals surface area (Å²) in [6.07, 6.45) is 12.7. The number of carboxylic acids is 3. The van der Waals surface area contributed by atoms with Crippen LogP contribution < -0.4 is 10.6 Å². The number of carbonyl (C=O) groups is 7. The van der Waals surface area contributed by atoms with E-state index in [1.807, 2.05) is 6.92 Å². The number of nitrogens with one attached hydrogen (secondary N) is 2. The first-order chi connectivity index (χ1) is 23.4. The lowest BCUT2D eigenvalue weighted by Crippen LogP contribution is -2.55. The fourth-order valence-corrected chi connectivity index (χ4v) is 5.73. The van der Waals surface area contributed by atoms with Crippen molar-refractivity contribution in [3.05, 3.63) is 0 Å². The lowest BCUT2D eigenvalue weighted by atomic mass is 10.0. The maximum Gasteiger partial charge on any atom is 0.332 e. The Labute approximate surface area is 294 Å². The third-order valence-electron chi connectivity index (χ3n) is 7.65. The number of hydroxylamine groups is 2. The number of unbranched alkanes of at least 4 members (excludes halogenated alkanes) is 12. The zero-order valence-corrected chi connectivity index (χ0v) is 30.2. The minimum atomic E-state index is -1.91. The van der Waals surface area contributed by atoms with E-state index in [9.17, 15) is 43.8 Å². The van der Waals surface area contributed by atoms with Crippen molar-refractivity contribution in [2.45, 2.75) is 154 Å². The van der Waals surface area contributed by atoms with E-state index in [2.05, 4.69) is 17.6 Å². The molecule has 0 spiro atoms. The van der Waals surface area contributed by atoms with E-state index in [1.165, 1.54) is 44.9 Å². The maximum atomic E-state index is 13.6. The number of aliphatic carboxylic acids is 3. The summed E-state index contributed by atoms with van der Waals surface area (Å²) in [5, 5.41) is 33.1. The van der Waals surface area contributed by atoms with Crippen molar-refractivity contribution < 1.29 is 53.7 Å². The highest BCUT2D eigenvalue weighted by molar-refractivity contribution is 7.99. The Morgan fingerprint density at radius 3 is 1.67 bits per heavy atom. The normalized spacial score (nSPS) is 12.0. The molecular formula is C34H59N3O11S. The van der Waals surface area contributed by atoms with Gasteiger partial charge in [-0.25, -0.2) is 9.59 Å². The van der Waals surface area contributed by atoms with Crippen LogP contribution >= 0.6 is 11.8 Å². The Hall–Kier alpha value is -3.36. The van der Waals surface area contributed by atoms with Crippen LogP contribution in [0.4, 0.5) is 0 Å². The van der Waals surface area contributed by atoms with Crippen molar-refractivity contribution in [2.24, 2.45) is 0 Å². The van der Waals surface area contributed by atoms with Gasteiger partial charge in [0.15, 0.2) is 6.04 Å². The van der Waals surface area contributed by atoms with Crippen molar-refractivity contribution in [1.29, 1.82) is 0 Å². The predicted molar refractivity (Wildman–Crippen MR) is 186 cm³/mol. The molecule has 0 radical (unpaired) electrons. The van der Waals surface area contributed by atoms with Gasteiger partial charge in [0, 0.05) is 31.4 Å². The predicted octanol–water partition coefficient (Wildman–Crippen LogP) is 5.07. The van der Waals surface area contributed by atoms with Crippen LogP contribution in [0.5, 0.6) is 0 Å². The van der Waals surface area contributed by atoms with Gasteiger partial charge < -0.3 is 30.8 Å². The Morgan fingerprint density at radius 1 is 0.633 bits per heavy atom. The SMILES string of the molecule is CCCCCCCCCCCCCCCC(=O)ON(C(=O)[C@H](CCC(=O)O)NC(=O)CNC(=O)CCSCCC)[C@@H](CCC(=O)O)C(=O)O. The largest absolute Gasteiger partial charge is 0.481 e. The number of nitrogens with zero attached hydrogens (tertiary/aromatic N) is 1. The van der Waals surface area contributed by atoms with E-state index >= 15 is 0 Å². The summed E-state index contributed by atoms with van der Waals surface area (Å²) in [6.45, 7) is 3.67. The van der Waals surface area contributed by atoms with Crippen LogP contribution in [0.3, 0.4) is 0 Å². The number of hydrogen-bond acceptors (Lipinski definition) is 9. The number of hydrogen-bond donors (Lipinski definition) is 5. The van der Waals surface area contributed by atoms with Gasteiger partial charge in [-0.15, -0.1) is 0 Å². The second-order valence-electron chi connectivity index (χ2n) is 12.1. The Bertz CT molecular complexity index is 1010. The second-order valence-corrected chi connectivity index (χ2v) is 13.3. The summed E-state index contributed by atoms with van der Waals surface area (Å²) < 4.78 is 0. The quantitative estimate of drug-likeness (QED) is 0.0469. The minimum absolute atomic E-state index is 0.137. The average Bonchev–Trinajstić information content (AvgIpc) is 3.05. The molecule has 3 amide bonds. The standard InChI is InChI=1S/C34H59N3O11S/c1-3-5-6-7-8-9-10-11-12-13-14-15-16-17-32(44)48-37(27(34(46)47)19-21-31(42)43)33(45)26(18-20-30(40)41)36-29(39)25-35-28(38)22-24-49-23-4-2/h26-27H,3-25H2,1-2H3,(H,35,38)(H,36,39)(H,40,41)(H,42,43)(H,46,47)/t26-,27-/m0/s1. The lowest BCUT2D eigenvalue weighted by Gasteiger charge is -2.30. The molecule has 0 aliphatic rings. The molecule has 0 bridgehead atoms. The summed E-state index contributed by atoms with van der Waals surface area (Å²) in [4.78, 5) is 90.9. The van der Waals surface area contributed by atoms with E-state index < -0.39 is 85.9 Å². The molecule has 282 valence electrons. The molecule has 0 aliphatic heterocycles. The van der Waals surface area contributed by atoms with Crippen LogP contribution in [0, 0.1) is 0 Å². The number of thioether (sulfide) groups is 1. The van der Waals surface area contributed by atoms with Crippen LogP contribution in [0.25, 0.3) is 0 Å². The van der Waals surface area contributed by atoms with Crippen molar-refractivity contribution in [3.8, 4) is 0 Å². The van der Waals surface area contributed by atoms with Gasteiger partial charge in [-0.1, -0.05) is 90.9 Å². The minimum Gasteiger partial charge on any atom is -0.481 e. The van der Waals surface area contributed by atoms with Crippen LogP contribution in [-0.4, -0.2) is 92.1 Å². The molecule has 0 heterocycles. The van der Waals surface area contributed by atoms with Crippen molar-refractivity contribution in [1.82, 2.24) is 15.7 Å². The number of rotatable bonds is 31. The third kappa shape index (κ3) is 25.3. The summed E-state index contributed by atoms with van der Waals surface area (Å²) in [5.74, 6) is -6.29. The molecule has 0 saturated carbocycles. The van der Waals surface area contributed by atoms with Crippen LogP contribution in [0.1, 0.15) is 142 Å². The monoisotopic (exact) mass is 717 g/mol. The van der Waals surface area contributed by atoms with Crippen LogP contribution in [0.15, 0.2) is 0 Å². The highest BCUT2D eigenvalue weighted by atomic mass is 32.2. The van der Waals surface area contributed by atoms with Gasteiger partial charge in [0.2, 0.25) is 11.8 Å². The van der Waals surface area contributed by atoms with Gasteiger partial charge in [-0.2, -0.15) is 16.8 Å². The Kier molecular flexibility index (Phi) is 27.5. The highest BCUT2D eigenvalue weighted by Crippen LogP contribution is 2.17. The molecule has 0 aromatic carbocycles. The molecule has 0 rings (SSSR count). The van der Waals surface area contributed by atoms with Gasteiger partial charge in [-0.3, -0.25) is 24.0 Å². The lowest BCUT2D eigenvalue weighted by molar-refractivity contribution is -0.213. The Morgan fingerprint density at radius 2 is 1.16 bits per heavy atom. The molecule has 0 aromatic rings. The fourth-order valence-electron chi connectivity index (χ4n) is 4.91. The molecular weight excluding hydrogens is 658 g/mol. The summed E-state index contributed by atoms with van der Waals surface area (Å²) >= 11 is 1.58. The number of carbonyl (C=O) groups excluding carboxylic acids is 4. The van der Waals surface area contributed by atoms with Gasteiger partial charge in [0.1, 0.15) is 6.04 Å². The molecule has 5 N–H and O–H groups in total. The van der Waals surface area contributed by atoms with Gasteiger partial charge in [-0.05, 0) is 31.4 Å². The van der Waals surface area contributed by atoms with Crippen molar-refractivity contribution >= 4 is 53.4 Å². The van der Waals surface area contributed by atoms with Gasteiger partial charge in [0.25, 0.3) is 5.91 Å². The summed E-state index contributed by atoms with van der Waals surface area (Å²) in [7, 11) is 0. The zero-order chi connectivity index (χ0) is 36.9. The van der Waals surface area contributed by atoms with Gasteiger partial charge in [0.05, 0.1) is 6.54 Å². The van der Waals surface area contributed by atoms with E-state index in [1.54, 1.807) is 11.8 Å². The Balaban J connectivity index is 5.28. The average molecular weight is 718 g/mol. The van der Waals surface area contributed by atoms with Gasteiger partial charge >= 0.3 is 23.9 Å². The van der Waals surface area contributed by atoms with E-state index in [-0.39, 0.29) is 17.9 Å². The number of amides is 3. The smallest absolute Gasteiger partial charge is 0.332 e. The second kappa shape index (κ2) is 29.5. The molecule has 0 unspecified atom stereocenters. The first-order valence-corrected chi connectivity index (χ1v) is 18.9. The highest BCUT2D eigenvalue weighted by Gasteiger charge is 2.38. The number of carboxylic acid groups (broad SMARTS) is 3. The molecule has 0 saturated heterocycles.